The van der Waals surface area contributed by atoms with Gasteiger partial charge < -0.3 is 9.30 Å². The molecule has 0 fully saturated rings. The molecule has 3 aromatic carbocycles. The third-order valence-corrected chi connectivity index (χ3v) is 5.73. The van der Waals surface area contributed by atoms with Gasteiger partial charge in [0.05, 0.1) is 21.5 Å². The van der Waals surface area contributed by atoms with Gasteiger partial charge in [-0.1, -0.05) is 35.6 Å². The number of fused-ring (bicyclic) bond motifs is 1. The van der Waals surface area contributed by atoms with Crippen molar-refractivity contribution >= 4 is 33.2 Å². The molecule has 148 valence electrons. The van der Waals surface area contributed by atoms with Gasteiger partial charge in [-0.2, -0.15) is 5.10 Å². The number of para-hydroxylation sites is 1. The van der Waals surface area contributed by atoms with Gasteiger partial charge in [0.15, 0.2) is 0 Å². The highest BCUT2D eigenvalue weighted by atomic mass is 32.1. The zero-order valence-electron chi connectivity index (χ0n) is 16.6. The molecule has 0 aliphatic heterocycles. The molecule has 0 aliphatic rings. The number of aryl methyl sites for hydroxylation is 1. The minimum Gasteiger partial charge on any atom is -0.423 e. The number of esters is 1. The molecule has 0 saturated heterocycles. The SMILES string of the molecule is [CH]c1ccc(C(=O)Oc2ccc(C(C)=NN=c3sc4ccccc4n3C)cc2)cc1. The Balaban J connectivity index is 1.51. The highest BCUT2D eigenvalue weighted by Gasteiger charge is 2.08. The summed E-state index contributed by atoms with van der Waals surface area (Å²) in [5.41, 5.74) is 3.83. The summed E-state index contributed by atoms with van der Waals surface area (Å²) in [4.78, 5) is 13.0. The van der Waals surface area contributed by atoms with E-state index in [2.05, 4.69) is 22.3 Å². The first-order valence-corrected chi connectivity index (χ1v) is 10.1. The topological polar surface area (TPSA) is 55.9 Å². The van der Waals surface area contributed by atoms with Crippen molar-refractivity contribution in [1.29, 1.82) is 0 Å². The molecule has 0 N–H and O–H groups in total. The zero-order chi connectivity index (χ0) is 21.1. The molecular weight excluding hydrogens is 394 g/mol. The van der Waals surface area contributed by atoms with Crippen LogP contribution in [0.15, 0.2) is 83.0 Å². The van der Waals surface area contributed by atoms with E-state index in [-0.39, 0.29) is 0 Å². The first-order chi connectivity index (χ1) is 14.5. The molecule has 0 aliphatic carbocycles. The van der Waals surface area contributed by atoms with Crippen molar-refractivity contribution in [1.82, 2.24) is 4.57 Å². The Morgan fingerprint density at radius 1 is 0.967 bits per heavy atom. The minimum atomic E-state index is -0.430. The average Bonchev–Trinajstić information content (AvgIpc) is 3.09. The summed E-state index contributed by atoms with van der Waals surface area (Å²) in [6.45, 7) is 7.54. The van der Waals surface area contributed by atoms with E-state index in [1.807, 2.05) is 42.8 Å². The molecule has 1 heterocycles. The first kappa shape index (κ1) is 19.8. The van der Waals surface area contributed by atoms with Gasteiger partial charge in [-0.25, -0.2) is 4.79 Å². The molecule has 0 saturated carbocycles. The van der Waals surface area contributed by atoms with Crippen LogP contribution in [0.5, 0.6) is 5.75 Å². The van der Waals surface area contributed by atoms with Crippen LogP contribution in [0.3, 0.4) is 0 Å². The van der Waals surface area contributed by atoms with Crippen LogP contribution in [-0.2, 0) is 7.05 Å². The standard InChI is InChI=1S/C24H19N3O2S/c1-16-8-10-19(11-9-16)23(28)29-20-14-12-18(13-15-20)17(2)25-26-24-27(3)21-6-4-5-7-22(21)30-24/h1,4-15H,2-3H3. The summed E-state index contributed by atoms with van der Waals surface area (Å²) >= 11 is 1.59. The van der Waals surface area contributed by atoms with Crippen LogP contribution >= 0.6 is 11.3 Å². The van der Waals surface area contributed by atoms with Gasteiger partial charge in [-0.3, -0.25) is 0 Å². The van der Waals surface area contributed by atoms with Gasteiger partial charge in [0.1, 0.15) is 5.75 Å². The summed E-state index contributed by atoms with van der Waals surface area (Å²) in [7, 11) is 1.98. The van der Waals surface area contributed by atoms with Crippen molar-refractivity contribution in [2.24, 2.45) is 17.3 Å². The fourth-order valence-electron chi connectivity index (χ4n) is 2.90. The summed E-state index contributed by atoms with van der Waals surface area (Å²) in [6, 6.07) is 21.9. The lowest BCUT2D eigenvalue weighted by molar-refractivity contribution is 0.0735. The average molecular weight is 414 g/mol. The molecule has 5 nitrogen and oxygen atoms in total. The van der Waals surface area contributed by atoms with E-state index in [9.17, 15) is 4.79 Å². The lowest BCUT2D eigenvalue weighted by atomic mass is 10.1. The van der Waals surface area contributed by atoms with E-state index in [4.69, 9.17) is 11.7 Å². The fourth-order valence-corrected chi connectivity index (χ4v) is 3.87. The third-order valence-electron chi connectivity index (χ3n) is 4.63. The summed E-state index contributed by atoms with van der Waals surface area (Å²) in [6.07, 6.45) is 0. The number of aromatic nitrogens is 1. The van der Waals surface area contributed by atoms with E-state index in [0.29, 0.717) is 16.9 Å². The molecule has 0 spiro atoms. The van der Waals surface area contributed by atoms with Crippen LogP contribution in [0.1, 0.15) is 28.4 Å². The maximum atomic E-state index is 12.2. The fraction of sp³-hybridized carbons (Fsp3) is 0.0833. The second kappa shape index (κ2) is 8.47. The number of rotatable bonds is 4. The highest BCUT2D eigenvalue weighted by Crippen LogP contribution is 2.17. The smallest absolute Gasteiger partial charge is 0.343 e. The molecule has 0 amide bonds. The Labute approximate surface area is 178 Å². The van der Waals surface area contributed by atoms with Gasteiger partial charge in [0, 0.05) is 7.05 Å². The maximum Gasteiger partial charge on any atom is 0.343 e. The number of hydrogen-bond donors (Lipinski definition) is 0. The van der Waals surface area contributed by atoms with Crippen LogP contribution in [0.2, 0.25) is 0 Å². The van der Waals surface area contributed by atoms with Crippen LogP contribution in [0, 0.1) is 6.92 Å². The second-order valence-electron chi connectivity index (χ2n) is 6.73. The molecule has 1 aromatic heterocycles. The highest BCUT2D eigenvalue weighted by molar-refractivity contribution is 7.16. The number of benzene rings is 3. The minimum absolute atomic E-state index is 0.430. The van der Waals surface area contributed by atoms with Crippen molar-refractivity contribution in [3.05, 3.63) is 101 Å². The Morgan fingerprint density at radius 3 is 2.33 bits per heavy atom. The molecule has 0 atom stereocenters. The Morgan fingerprint density at radius 2 is 1.63 bits per heavy atom. The lowest BCUT2D eigenvalue weighted by Crippen LogP contribution is -2.09. The van der Waals surface area contributed by atoms with E-state index >= 15 is 0 Å². The largest absolute Gasteiger partial charge is 0.423 e. The van der Waals surface area contributed by atoms with Gasteiger partial charge in [0.2, 0.25) is 4.80 Å². The van der Waals surface area contributed by atoms with Gasteiger partial charge >= 0.3 is 5.97 Å². The monoisotopic (exact) mass is 413 g/mol. The number of carbonyl (C=O) groups is 1. The normalized spacial score (nSPS) is 12.4. The Hall–Kier alpha value is -3.51. The van der Waals surface area contributed by atoms with Crippen molar-refractivity contribution in [2.75, 3.05) is 0 Å². The van der Waals surface area contributed by atoms with E-state index in [1.165, 1.54) is 4.70 Å². The number of carbonyl (C=O) groups excluding carboxylic acids is 1. The number of thiazole rings is 1. The first-order valence-electron chi connectivity index (χ1n) is 9.32. The zero-order valence-corrected chi connectivity index (χ0v) is 17.4. The second-order valence-corrected chi connectivity index (χ2v) is 7.74. The molecule has 30 heavy (non-hydrogen) atoms. The maximum absolute atomic E-state index is 12.2. The molecule has 6 heteroatoms. The predicted molar refractivity (Wildman–Crippen MR) is 120 cm³/mol. The quantitative estimate of drug-likeness (QED) is 0.208. The lowest BCUT2D eigenvalue weighted by Gasteiger charge is -2.06. The molecule has 4 rings (SSSR count). The van der Waals surface area contributed by atoms with E-state index in [1.54, 1.807) is 47.7 Å². The number of hydrogen-bond acceptors (Lipinski definition) is 5. The van der Waals surface area contributed by atoms with Crippen LogP contribution in [-0.4, -0.2) is 16.2 Å². The molecular formula is C24H19N3O2S. The molecule has 4 aromatic rings. The van der Waals surface area contributed by atoms with Gasteiger partial charge in [0.25, 0.3) is 0 Å². The van der Waals surface area contributed by atoms with Crippen molar-refractivity contribution < 1.29 is 9.53 Å². The van der Waals surface area contributed by atoms with Crippen LogP contribution in [0.4, 0.5) is 0 Å². The summed E-state index contributed by atoms with van der Waals surface area (Å²) in [5, 5.41) is 8.79. The van der Waals surface area contributed by atoms with Crippen LogP contribution in [0.25, 0.3) is 10.2 Å². The van der Waals surface area contributed by atoms with Crippen molar-refractivity contribution in [3.8, 4) is 5.75 Å². The summed E-state index contributed by atoms with van der Waals surface area (Å²) in [5.74, 6) is 0.0293. The predicted octanol–water partition coefficient (Wildman–Crippen LogP) is 4.84. The van der Waals surface area contributed by atoms with Gasteiger partial charge in [-0.05, 0) is 73.5 Å². The Bertz CT molecular complexity index is 1300. The van der Waals surface area contributed by atoms with E-state index in [0.717, 1.165) is 21.6 Å². The number of ether oxygens (including phenoxy) is 1. The Kier molecular flexibility index (Phi) is 5.59. The van der Waals surface area contributed by atoms with Gasteiger partial charge in [-0.15, -0.1) is 5.10 Å². The molecule has 0 unspecified atom stereocenters. The van der Waals surface area contributed by atoms with Crippen molar-refractivity contribution in [3.63, 3.8) is 0 Å². The third kappa shape index (κ3) is 4.23. The van der Waals surface area contributed by atoms with Crippen molar-refractivity contribution in [2.45, 2.75) is 6.92 Å². The molecule has 2 radical (unpaired) electrons. The number of nitrogens with zero attached hydrogens (tertiary/aromatic N) is 3. The van der Waals surface area contributed by atoms with E-state index < -0.39 is 5.97 Å². The summed E-state index contributed by atoms with van der Waals surface area (Å²) < 4.78 is 8.60. The molecule has 0 bridgehead atoms. The van der Waals surface area contributed by atoms with Crippen LogP contribution < -0.4 is 9.54 Å².